The molecule has 7 nitrogen and oxygen atoms in total. The van der Waals surface area contributed by atoms with Crippen LogP contribution in [0.25, 0.3) is 0 Å². The van der Waals surface area contributed by atoms with E-state index in [0.29, 0.717) is 0 Å². The molecule has 0 saturated heterocycles. The lowest BCUT2D eigenvalue weighted by molar-refractivity contribution is 0.581. The lowest BCUT2D eigenvalue weighted by Crippen LogP contribution is -2.32. The fourth-order valence-corrected chi connectivity index (χ4v) is 2.50. The van der Waals surface area contributed by atoms with Crippen molar-refractivity contribution in [3.63, 3.8) is 0 Å². The van der Waals surface area contributed by atoms with Crippen molar-refractivity contribution in [1.29, 1.82) is 0 Å². The first-order chi connectivity index (χ1) is 7.34. The summed E-state index contributed by atoms with van der Waals surface area (Å²) >= 11 is 0. The number of H-pyrrole nitrogens is 1. The molecule has 0 fully saturated rings. The van der Waals surface area contributed by atoms with E-state index in [9.17, 15) is 12.6 Å². The van der Waals surface area contributed by atoms with Crippen molar-refractivity contribution < 1.29 is 12.6 Å². The summed E-state index contributed by atoms with van der Waals surface area (Å²) in [6.45, 7) is 1.79. The molecule has 92 valence electrons. The standard InChI is InChI=1S/C7H14N4O3S2/c1-5(15(2)12)3-10-16(13,14)6-4-9-11-7(6)8/h4-5,10H,3H2,1-2H3,(H3,8,9,11). The molecule has 0 amide bonds. The zero-order valence-electron chi connectivity index (χ0n) is 8.93. The molecule has 0 saturated carbocycles. The zero-order chi connectivity index (χ0) is 12.3. The van der Waals surface area contributed by atoms with Gasteiger partial charge in [0.15, 0.2) is 0 Å². The van der Waals surface area contributed by atoms with Gasteiger partial charge in [-0.2, -0.15) is 5.10 Å². The van der Waals surface area contributed by atoms with Crippen molar-refractivity contribution in [2.75, 3.05) is 18.5 Å². The molecule has 16 heavy (non-hydrogen) atoms. The first-order valence-electron chi connectivity index (χ1n) is 4.45. The van der Waals surface area contributed by atoms with Gasteiger partial charge < -0.3 is 5.73 Å². The van der Waals surface area contributed by atoms with Crippen LogP contribution in [0, 0.1) is 0 Å². The Morgan fingerprint density at radius 3 is 2.75 bits per heavy atom. The number of sulfonamides is 1. The number of rotatable bonds is 5. The third kappa shape index (κ3) is 3.03. The first kappa shape index (κ1) is 13.1. The number of hydrogen-bond acceptors (Lipinski definition) is 5. The fraction of sp³-hybridized carbons (Fsp3) is 0.571. The Balaban J connectivity index is 2.75. The number of anilines is 1. The van der Waals surface area contributed by atoms with E-state index in [1.54, 1.807) is 6.92 Å². The molecule has 0 spiro atoms. The van der Waals surface area contributed by atoms with Crippen molar-refractivity contribution in [3.8, 4) is 0 Å². The average molecular weight is 266 g/mol. The molecule has 1 aromatic heterocycles. The summed E-state index contributed by atoms with van der Waals surface area (Å²) in [6.07, 6.45) is 2.65. The largest absolute Gasteiger partial charge is 0.383 e. The SMILES string of the molecule is CC(CNS(=O)(=O)c1cn[nH]c1N)S(C)=O. The Morgan fingerprint density at radius 2 is 2.31 bits per heavy atom. The number of nitrogens with zero attached hydrogens (tertiary/aromatic N) is 1. The highest BCUT2D eigenvalue weighted by Crippen LogP contribution is 2.13. The van der Waals surface area contributed by atoms with E-state index in [1.807, 2.05) is 0 Å². The number of nitrogens with one attached hydrogen (secondary N) is 2. The summed E-state index contributed by atoms with van der Waals surface area (Å²) < 4.78 is 36.8. The summed E-state index contributed by atoms with van der Waals surface area (Å²) in [5.74, 6) is -0.0160. The van der Waals surface area contributed by atoms with Crippen molar-refractivity contribution in [3.05, 3.63) is 6.20 Å². The topological polar surface area (TPSA) is 118 Å². The highest BCUT2D eigenvalue weighted by Gasteiger charge is 2.20. The number of nitrogens with two attached hydrogens (primary N) is 1. The van der Waals surface area contributed by atoms with E-state index in [1.165, 1.54) is 6.26 Å². The van der Waals surface area contributed by atoms with Crippen LogP contribution in [0.4, 0.5) is 5.82 Å². The normalized spacial score (nSPS) is 15.9. The third-order valence-corrected chi connectivity index (χ3v) is 4.80. The lowest BCUT2D eigenvalue weighted by Gasteiger charge is -2.09. The highest BCUT2D eigenvalue weighted by molar-refractivity contribution is 7.89. The van der Waals surface area contributed by atoms with E-state index >= 15 is 0 Å². The molecule has 1 aromatic rings. The second-order valence-corrected chi connectivity index (χ2v) is 6.85. The highest BCUT2D eigenvalue weighted by atomic mass is 32.2. The molecule has 0 aliphatic heterocycles. The van der Waals surface area contributed by atoms with Crippen LogP contribution in [0.1, 0.15) is 6.92 Å². The first-order valence-corrected chi connectivity index (χ1v) is 7.55. The van der Waals surface area contributed by atoms with Gasteiger partial charge in [0.25, 0.3) is 0 Å². The Bertz CT molecular complexity index is 482. The van der Waals surface area contributed by atoms with E-state index in [2.05, 4.69) is 14.9 Å². The Hall–Kier alpha value is -0.930. The smallest absolute Gasteiger partial charge is 0.245 e. The Morgan fingerprint density at radius 1 is 1.69 bits per heavy atom. The van der Waals surface area contributed by atoms with E-state index in [0.717, 1.165) is 6.20 Å². The summed E-state index contributed by atoms with van der Waals surface area (Å²) in [7, 11) is -4.76. The van der Waals surface area contributed by atoms with Crippen molar-refractivity contribution in [1.82, 2.24) is 14.9 Å². The van der Waals surface area contributed by atoms with E-state index in [4.69, 9.17) is 5.73 Å². The van der Waals surface area contributed by atoms with Crippen LogP contribution in [0.15, 0.2) is 11.1 Å². The second kappa shape index (κ2) is 4.93. The van der Waals surface area contributed by atoms with E-state index < -0.39 is 20.8 Å². The molecule has 1 heterocycles. The third-order valence-electron chi connectivity index (χ3n) is 2.05. The van der Waals surface area contributed by atoms with Crippen molar-refractivity contribution in [2.24, 2.45) is 0 Å². The zero-order valence-corrected chi connectivity index (χ0v) is 10.6. The maximum absolute atomic E-state index is 11.7. The monoisotopic (exact) mass is 266 g/mol. The molecule has 2 unspecified atom stereocenters. The van der Waals surface area contributed by atoms with Gasteiger partial charge in [-0.15, -0.1) is 0 Å². The predicted molar refractivity (Wildman–Crippen MR) is 61.7 cm³/mol. The molecular weight excluding hydrogens is 252 g/mol. The van der Waals surface area contributed by atoms with Crippen LogP contribution in [0.3, 0.4) is 0 Å². The van der Waals surface area contributed by atoms with Crippen LogP contribution in [0.5, 0.6) is 0 Å². The molecule has 0 aromatic carbocycles. The summed E-state index contributed by atoms with van der Waals surface area (Å²) in [4.78, 5) is -0.0958. The van der Waals surface area contributed by atoms with Gasteiger partial charge in [0.05, 0.1) is 6.20 Å². The second-order valence-electron chi connectivity index (χ2n) is 3.31. The minimum Gasteiger partial charge on any atom is -0.383 e. The van der Waals surface area contributed by atoms with Crippen LogP contribution < -0.4 is 10.5 Å². The van der Waals surface area contributed by atoms with Crippen LogP contribution >= 0.6 is 0 Å². The van der Waals surface area contributed by atoms with Crippen molar-refractivity contribution in [2.45, 2.75) is 17.1 Å². The molecule has 0 aliphatic carbocycles. The van der Waals surface area contributed by atoms with Crippen LogP contribution in [-0.2, 0) is 20.8 Å². The molecule has 9 heteroatoms. The van der Waals surface area contributed by atoms with Gasteiger partial charge >= 0.3 is 0 Å². The number of aromatic nitrogens is 2. The van der Waals surface area contributed by atoms with Gasteiger partial charge in [-0.3, -0.25) is 9.31 Å². The molecule has 2 atom stereocenters. The summed E-state index contributed by atoms with van der Waals surface area (Å²) in [6, 6.07) is 0. The number of aromatic amines is 1. The van der Waals surface area contributed by atoms with Gasteiger partial charge in [0, 0.05) is 28.9 Å². The minimum absolute atomic E-state index is 0.0160. The van der Waals surface area contributed by atoms with Crippen molar-refractivity contribution >= 4 is 26.6 Å². The lowest BCUT2D eigenvalue weighted by atomic mass is 10.5. The molecule has 1 rings (SSSR count). The fourth-order valence-electron chi connectivity index (χ4n) is 0.921. The molecule has 0 radical (unpaired) electrons. The predicted octanol–water partition coefficient (Wildman–Crippen LogP) is -0.963. The maximum Gasteiger partial charge on any atom is 0.245 e. The summed E-state index contributed by atoms with van der Waals surface area (Å²) in [5.41, 5.74) is 5.40. The van der Waals surface area contributed by atoms with Gasteiger partial charge in [0.2, 0.25) is 10.0 Å². The molecular formula is C7H14N4O3S2. The van der Waals surface area contributed by atoms with Crippen LogP contribution in [-0.4, -0.2) is 40.9 Å². The van der Waals surface area contributed by atoms with E-state index in [-0.39, 0.29) is 22.5 Å². The van der Waals surface area contributed by atoms with Crippen LogP contribution in [0.2, 0.25) is 0 Å². The molecule has 4 N–H and O–H groups in total. The summed E-state index contributed by atoms with van der Waals surface area (Å²) in [5, 5.41) is 5.59. The number of hydrogen-bond donors (Lipinski definition) is 3. The van der Waals surface area contributed by atoms with Gasteiger partial charge in [-0.05, 0) is 6.92 Å². The quantitative estimate of drug-likeness (QED) is 0.634. The Kier molecular flexibility index (Phi) is 4.05. The maximum atomic E-state index is 11.7. The number of nitrogen functional groups attached to an aromatic ring is 1. The van der Waals surface area contributed by atoms with Gasteiger partial charge in [0.1, 0.15) is 10.7 Å². The van der Waals surface area contributed by atoms with Gasteiger partial charge in [-0.1, -0.05) is 0 Å². The molecule has 0 aliphatic rings. The minimum atomic E-state index is -3.68. The Labute approximate surface area is 96.3 Å². The molecule has 0 bridgehead atoms. The average Bonchev–Trinajstić information content (AvgIpc) is 2.61. The van der Waals surface area contributed by atoms with Gasteiger partial charge in [-0.25, -0.2) is 13.1 Å².